The van der Waals surface area contributed by atoms with Crippen LogP contribution >= 0.6 is 0 Å². The number of Topliss-reactive ketones (excluding diaryl/α,β-unsaturated/α-hetero) is 1. The number of anilines is 1. The van der Waals surface area contributed by atoms with Crippen LogP contribution in [-0.4, -0.2) is 29.6 Å². The van der Waals surface area contributed by atoms with Crippen molar-refractivity contribution in [2.45, 2.75) is 0 Å². The van der Waals surface area contributed by atoms with E-state index in [1.165, 1.54) is 12.1 Å². The Labute approximate surface area is 122 Å². The van der Waals surface area contributed by atoms with Crippen LogP contribution in [0.1, 0.15) is 15.9 Å². The number of phenolic OH excluding ortho intramolecular Hbond substituents is 2. The van der Waals surface area contributed by atoms with Crippen molar-refractivity contribution in [1.29, 1.82) is 5.26 Å². The van der Waals surface area contributed by atoms with Crippen molar-refractivity contribution in [1.82, 2.24) is 0 Å². The molecule has 0 aliphatic carbocycles. The second-order valence-corrected chi connectivity index (χ2v) is 4.64. The molecule has 2 N–H and O–H groups in total. The highest BCUT2D eigenvalue weighted by Gasteiger charge is 2.14. The fourth-order valence-electron chi connectivity index (χ4n) is 1.96. The third-order valence-electron chi connectivity index (χ3n) is 3.08. The van der Waals surface area contributed by atoms with E-state index < -0.39 is 0 Å². The molecule has 0 bridgehead atoms. The van der Waals surface area contributed by atoms with Gasteiger partial charge in [0, 0.05) is 18.8 Å². The van der Waals surface area contributed by atoms with Gasteiger partial charge in [-0.15, -0.1) is 0 Å². The third-order valence-corrected chi connectivity index (χ3v) is 3.08. The molecule has 0 radical (unpaired) electrons. The van der Waals surface area contributed by atoms with Gasteiger partial charge in [-0.25, -0.2) is 0 Å². The molecule has 0 saturated heterocycles. The molecule has 0 aliphatic rings. The summed E-state index contributed by atoms with van der Waals surface area (Å²) in [5.74, 6) is -0.629. The van der Waals surface area contributed by atoms with Gasteiger partial charge in [0.25, 0.3) is 0 Å². The lowest BCUT2D eigenvalue weighted by atomic mass is 10.1. The van der Waals surface area contributed by atoms with Crippen molar-refractivity contribution < 1.29 is 15.0 Å². The summed E-state index contributed by atoms with van der Waals surface area (Å²) in [5.41, 5.74) is 1.40. The van der Waals surface area contributed by atoms with Crippen LogP contribution in [0.15, 0.2) is 42.5 Å². The van der Waals surface area contributed by atoms with Crippen molar-refractivity contribution >= 4 is 11.5 Å². The predicted octanol–water partition coefficient (Wildman–Crippen LogP) is 2.29. The fourth-order valence-corrected chi connectivity index (χ4v) is 1.96. The standard InChI is InChI=1S/C16H14N2O3/c1-18(12-4-2-3-11(7-12)9-17)10-16(21)14-6-5-13(19)8-15(14)20/h2-8,19-20H,10H2,1H3. The molecule has 0 unspecified atom stereocenters. The Kier molecular flexibility index (Phi) is 4.10. The van der Waals surface area contributed by atoms with Gasteiger partial charge in [0.1, 0.15) is 11.5 Å². The highest BCUT2D eigenvalue weighted by Crippen LogP contribution is 2.23. The molecule has 0 fully saturated rings. The van der Waals surface area contributed by atoms with Crippen LogP contribution in [-0.2, 0) is 0 Å². The quantitative estimate of drug-likeness (QED) is 0.840. The number of carbonyl (C=O) groups excluding carboxylic acids is 1. The Balaban J connectivity index is 2.17. The average molecular weight is 282 g/mol. The molecular formula is C16H14N2O3. The van der Waals surface area contributed by atoms with Crippen molar-refractivity contribution in [3.8, 4) is 17.6 Å². The summed E-state index contributed by atoms with van der Waals surface area (Å²) in [5, 5.41) is 27.8. The summed E-state index contributed by atoms with van der Waals surface area (Å²) >= 11 is 0. The molecule has 0 aromatic heterocycles. The number of hydrogen-bond donors (Lipinski definition) is 2. The van der Waals surface area contributed by atoms with Gasteiger partial charge in [-0.05, 0) is 30.3 Å². The van der Waals surface area contributed by atoms with E-state index in [0.29, 0.717) is 5.56 Å². The number of hydrogen-bond acceptors (Lipinski definition) is 5. The molecular weight excluding hydrogens is 268 g/mol. The normalized spacial score (nSPS) is 9.90. The van der Waals surface area contributed by atoms with Gasteiger partial charge in [-0.3, -0.25) is 4.79 Å². The van der Waals surface area contributed by atoms with Crippen molar-refractivity contribution in [3.63, 3.8) is 0 Å². The zero-order valence-corrected chi connectivity index (χ0v) is 11.4. The van der Waals surface area contributed by atoms with Crippen molar-refractivity contribution in [3.05, 3.63) is 53.6 Å². The number of aromatic hydroxyl groups is 2. The monoisotopic (exact) mass is 282 g/mol. The Morgan fingerprint density at radius 3 is 2.67 bits per heavy atom. The Bertz CT molecular complexity index is 720. The molecule has 0 amide bonds. The van der Waals surface area contributed by atoms with E-state index in [9.17, 15) is 15.0 Å². The zero-order valence-electron chi connectivity index (χ0n) is 11.4. The first kappa shape index (κ1) is 14.4. The third kappa shape index (κ3) is 3.31. The Hall–Kier alpha value is -3.00. The van der Waals surface area contributed by atoms with E-state index in [-0.39, 0.29) is 29.4 Å². The SMILES string of the molecule is CN(CC(=O)c1ccc(O)cc1O)c1cccc(C#N)c1. The number of rotatable bonds is 4. The minimum absolute atomic E-state index is 0.0488. The molecule has 0 atom stereocenters. The lowest BCUT2D eigenvalue weighted by molar-refractivity contribution is 0.0998. The van der Waals surface area contributed by atoms with Gasteiger partial charge < -0.3 is 15.1 Å². The fraction of sp³-hybridized carbons (Fsp3) is 0.125. The minimum Gasteiger partial charge on any atom is -0.508 e. The molecule has 0 heterocycles. The molecule has 106 valence electrons. The molecule has 0 saturated carbocycles. The van der Waals surface area contributed by atoms with Crippen LogP contribution in [0.4, 0.5) is 5.69 Å². The summed E-state index contributed by atoms with van der Waals surface area (Å²) in [7, 11) is 1.73. The molecule has 0 spiro atoms. The van der Waals surface area contributed by atoms with E-state index in [2.05, 4.69) is 0 Å². The van der Waals surface area contributed by atoms with Gasteiger partial charge >= 0.3 is 0 Å². The maximum Gasteiger partial charge on any atom is 0.185 e. The second-order valence-electron chi connectivity index (χ2n) is 4.64. The van der Waals surface area contributed by atoms with Gasteiger partial charge in [-0.1, -0.05) is 6.07 Å². The Morgan fingerprint density at radius 1 is 1.24 bits per heavy atom. The van der Waals surface area contributed by atoms with E-state index in [4.69, 9.17) is 5.26 Å². The summed E-state index contributed by atoms with van der Waals surface area (Å²) in [6, 6.07) is 12.8. The van der Waals surface area contributed by atoms with Crippen LogP contribution in [0.5, 0.6) is 11.5 Å². The number of carbonyl (C=O) groups is 1. The minimum atomic E-state index is -0.280. The molecule has 21 heavy (non-hydrogen) atoms. The lowest BCUT2D eigenvalue weighted by Crippen LogP contribution is -2.25. The first-order valence-corrected chi connectivity index (χ1v) is 6.27. The first-order valence-electron chi connectivity index (χ1n) is 6.27. The van der Waals surface area contributed by atoms with Crippen LogP contribution < -0.4 is 4.90 Å². The van der Waals surface area contributed by atoms with Gasteiger partial charge in [-0.2, -0.15) is 5.26 Å². The smallest absolute Gasteiger partial charge is 0.185 e. The summed E-state index contributed by atoms with van der Waals surface area (Å²) in [4.78, 5) is 13.9. The largest absolute Gasteiger partial charge is 0.508 e. The number of benzene rings is 2. The highest BCUT2D eigenvalue weighted by atomic mass is 16.3. The van der Waals surface area contributed by atoms with Crippen LogP contribution in [0, 0.1) is 11.3 Å². The van der Waals surface area contributed by atoms with Crippen molar-refractivity contribution in [2.75, 3.05) is 18.5 Å². The zero-order chi connectivity index (χ0) is 15.4. The lowest BCUT2D eigenvalue weighted by Gasteiger charge is -2.18. The second kappa shape index (κ2) is 5.97. The molecule has 2 rings (SSSR count). The highest BCUT2D eigenvalue weighted by molar-refractivity contribution is 6.01. The molecule has 2 aromatic carbocycles. The number of ketones is 1. The number of phenols is 2. The molecule has 0 aliphatic heterocycles. The van der Waals surface area contributed by atoms with Crippen LogP contribution in [0.25, 0.3) is 0 Å². The number of likely N-dealkylation sites (N-methyl/N-ethyl adjacent to an activating group) is 1. The van der Waals surface area contributed by atoms with Gasteiger partial charge in [0.15, 0.2) is 5.78 Å². The maximum absolute atomic E-state index is 12.2. The van der Waals surface area contributed by atoms with E-state index in [1.54, 1.807) is 36.2 Å². The predicted molar refractivity (Wildman–Crippen MR) is 78.5 cm³/mol. The number of nitrogens with zero attached hydrogens (tertiary/aromatic N) is 2. The van der Waals surface area contributed by atoms with Crippen LogP contribution in [0.3, 0.4) is 0 Å². The van der Waals surface area contributed by atoms with Gasteiger partial charge in [0.2, 0.25) is 0 Å². The summed E-state index contributed by atoms with van der Waals surface area (Å²) < 4.78 is 0. The van der Waals surface area contributed by atoms with Crippen molar-refractivity contribution in [2.24, 2.45) is 0 Å². The maximum atomic E-state index is 12.2. The molecule has 2 aromatic rings. The summed E-state index contributed by atoms with van der Waals surface area (Å²) in [6.07, 6.45) is 0. The van der Waals surface area contributed by atoms with E-state index in [1.807, 2.05) is 6.07 Å². The summed E-state index contributed by atoms with van der Waals surface area (Å²) in [6.45, 7) is 0.0488. The number of nitriles is 1. The first-order chi connectivity index (χ1) is 10.0. The molecule has 5 nitrogen and oxygen atoms in total. The van der Waals surface area contributed by atoms with Crippen LogP contribution in [0.2, 0.25) is 0 Å². The van der Waals surface area contributed by atoms with E-state index in [0.717, 1.165) is 11.8 Å². The topological polar surface area (TPSA) is 84.6 Å². The van der Waals surface area contributed by atoms with Gasteiger partial charge in [0.05, 0.1) is 23.7 Å². The van der Waals surface area contributed by atoms with E-state index >= 15 is 0 Å². The Morgan fingerprint density at radius 2 is 2.00 bits per heavy atom. The average Bonchev–Trinajstić information content (AvgIpc) is 2.47. The molecule has 5 heteroatoms.